The van der Waals surface area contributed by atoms with Crippen molar-refractivity contribution in [3.63, 3.8) is 0 Å². The van der Waals surface area contributed by atoms with E-state index in [1.54, 1.807) is 49.6 Å². The van der Waals surface area contributed by atoms with Crippen molar-refractivity contribution < 1.29 is 9.53 Å². The van der Waals surface area contributed by atoms with Gasteiger partial charge in [0.25, 0.3) is 0 Å². The van der Waals surface area contributed by atoms with Gasteiger partial charge in [0.15, 0.2) is 11.0 Å². The lowest BCUT2D eigenvalue weighted by atomic mass is 10.2. The number of anilines is 1. The van der Waals surface area contributed by atoms with Crippen LogP contribution in [0.2, 0.25) is 10.0 Å². The maximum Gasteiger partial charge on any atom is 0.234 e. The Morgan fingerprint density at radius 1 is 1.18 bits per heavy atom. The third-order valence-electron chi connectivity index (χ3n) is 3.88. The first kappa shape index (κ1) is 20.5. The van der Waals surface area contributed by atoms with Gasteiger partial charge < -0.3 is 14.6 Å². The molecule has 1 heterocycles. The molecular formula is C19H18Cl2N4O2S. The van der Waals surface area contributed by atoms with Crippen molar-refractivity contribution in [3.8, 4) is 17.1 Å². The molecule has 9 heteroatoms. The summed E-state index contributed by atoms with van der Waals surface area (Å²) in [7, 11) is 1.59. The number of methoxy groups -OCH3 is 1. The molecule has 2 aromatic carbocycles. The lowest BCUT2D eigenvalue weighted by molar-refractivity contribution is -0.113. The van der Waals surface area contributed by atoms with E-state index in [4.69, 9.17) is 27.9 Å². The van der Waals surface area contributed by atoms with Crippen LogP contribution in [0.4, 0.5) is 5.69 Å². The van der Waals surface area contributed by atoms with Crippen LogP contribution in [-0.2, 0) is 11.3 Å². The Kier molecular flexibility index (Phi) is 6.83. The fraction of sp³-hybridized carbons (Fsp3) is 0.211. The van der Waals surface area contributed by atoms with Gasteiger partial charge in [0, 0.05) is 22.3 Å². The van der Waals surface area contributed by atoms with Crippen molar-refractivity contribution in [2.75, 3.05) is 18.2 Å². The Bertz CT molecular complexity index is 994. The number of halogens is 2. The average molecular weight is 437 g/mol. The summed E-state index contributed by atoms with van der Waals surface area (Å²) in [5.74, 6) is 1.33. The summed E-state index contributed by atoms with van der Waals surface area (Å²) in [6.45, 7) is 2.62. The molecule has 0 aliphatic carbocycles. The summed E-state index contributed by atoms with van der Waals surface area (Å²) in [5, 5.41) is 13.1. The Morgan fingerprint density at radius 3 is 2.68 bits per heavy atom. The molecule has 1 amide bonds. The average Bonchev–Trinajstić information content (AvgIpc) is 3.09. The van der Waals surface area contributed by atoms with Gasteiger partial charge in [0.1, 0.15) is 5.75 Å². The van der Waals surface area contributed by atoms with Crippen LogP contribution in [0.5, 0.6) is 5.75 Å². The van der Waals surface area contributed by atoms with Gasteiger partial charge >= 0.3 is 0 Å². The van der Waals surface area contributed by atoms with Gasteiger partial charge in [0.05, 0.1) is 18.4 Å². The standard InChI is InChI=1S/C19H18Cl2N4O2S/c1-3-25-18(15-10-13(21)7-8-16(15)27-2)23-24-19(25)28-11-17(26)22-14-6-4-5-12(20)9-14/h4-10H,3,11H2,1-2H3,(H,22,26). The minimum atomic E-state index is -0.153. The second kappa shape index (κ2) is 9.32. The Balaban J connectivity index is 1.76. The summed E-state index contributed by atoms with van der Waals surface area (Å²) in [5.41, 5.74) is 1.40. The Hall–Kier alpha value is -2.22. The van der Waals surface area contributed by atoms with Crippen molar-refractivity contribution in [2.45, 2.75) is 18.6 Å². The van der Waals surface area contributed by atoms with E-state index < -0.39 is 0 Å². The number of hydrogen-bond donors (Lipinski definition) is 1. The number of nitrogens with one attached hydrogen (secondary N) is 1. The van der Waals surface area contributed by atoms with E-state index in [-0.39, 0.29) is 11.7 Å². The van der Waals surface area contributed by atoms with E-state index in [2.05, 4.69) is 15.5 Å². The number of aromatic nitrogens is 3. The zero-order valence-corrected chi connectivity index (χ0v) is 17.6. The van der Waals surface area contributed by atoms with Crippen LogP contribution in [0.25, 0.3) is 11.4 Å². The van der Waals surface area contributed by atoms with Crippen LogP contribution in [0.15, 0.2) is 47.6 Å². The molecule has 0 radical (unpaired) electrons. The van der Waals surface area contributed by atoms with Gasteiger partial charge in [-0.3, -0.25) is 4.79 Å². The predicted molar refractivity (Wildman–Crippen MR) is 113 cm³/mol. The van der Waals surface area contributed by atoms with E-state index in [0.717, 1.165) is 5.56 Å². The van der Waals surface area contributed by atoms with Crippen LogP contribution in [-0.4, -0.2) is 33.5 Å². The minimum absolute atomic E-state index is 0.153. The van der Waals surface area contributed by atoms with Crippen LogP contribution < -0.4 is 10.1 Å². The highest BCUT2D eigenvalue weighted by Crippen LogP contribution is 2.33. The van der Waals surface area contributed by atoms with Crippen LogP contribution in [0, 0.1) is 0 Å². The number of carbonyl (C=O) groups is 1. The molecule has 0 bridgehead atoms. The lowest BCUT2D eigenvalue weighted by Gasteiger charge is -2.11. The van der Waals surface area contributed by atoms with Crippen molar-refractivity contribution in [3.05, 3.63) is 52.5 Å². The highest BCUT2D eigenvalue weighted by molar-refractivity contribution is 7.99. The van der Waals surface area contributed by atoms with Crippen molar-refractivity contribution >= 4 is 46.6 Å². The third-order valence-corrected chi connectivity index (χ3v) is 5.31. The molecule has 28 heavy (non-hydrogen) atoms. The highest BCUT2D eigenvalue weighted by Gasteiger charge is 2.18. The molecule has 6 nitrogen and oxygen atoms in total. The molecule has 1 aromatic heterocycles. The Morgan fingerprint density at radius 2 is 1.96 bits per heavy atom. The number of nitrogens with zero attached hydrogens (tertiary/aromatic N) is 3. The highest BCUT2D eigenvalue weighted by atomic mass is 35.5. The number of thioether (sulfide) groups is 1. The zero-order chi connectivity index (χ0) is 20.1. The number of amides is 1. The molecule has 0 fully saturated rings. The molecule has 3 rings (SSSR count). The van der Waals surface area contributed by atoms with E-state index >= 15 is 0 Å². The summed E-state index contributed by atoms with van der Waals surface area (Å²) in [6, 6.07) is 12.3. The predicted octanol–water partition coefficient (Wildman–Crippen LogP) is 5.01. The number of rotatable bonds is 7. The molecule has 0 saturated carbocycles. The quantitative estimate of drug-likeness (QED) is 0.527. The normalized spacial score (nSPS) is 10.7. The number of ether oxygens (including phenoxy) is 1. The maximum atomic E-state index is 12.2. The molecule has 0 unspecified atom stereocenters. The van der Waals surface area contributed by atoms with Gasteiger partial charge in [-0.15, -0.1) is 10.2 Å². The van der Waals surface area contributed by atoms with E-state index in [9.17, 15) is 4.79 Å². The largest absolute Gasteiger partial charge is 0.496 e. The summed E-state index contributed by atoms with van der Waals surface area (Å²) < 4.78 is 7.34. The first-order valence-electron chi connectivity index (χ1n) is 8.47. The molecular weight excluding hydrogens is 419 g/mol. The molecule has 0 spiro atoms. The maximum absolute atomic E-state index is 12.2. The minimum Gasteiger partial charge on any atom is -0.496 e. The molecule has 0 aliphatic heterocycles. The summed E-state index contributed by atoms with van der Waals surface area (Å²) in [4.78, 5) is 12.2. The molecule has 0 aliphatic rings. The van der Waals surface area contributed by atoms with Crippen molar-refractivity contribution in [1.29, 1.82) is 0 Å². The second-order valence-electron chi connectivity index (χ2n) is 5.74. The zero-order valence-electron chi connectivity index (χ0n) is 15.3. The fourth-order valence-electron chi connectivity index (χ4n) is 2.63. The van der Waals surface area contributed by atoms with E-state index in [1.807, 2.05) is 11.5 Å². The lowest BCUT2D eigenvalue weighted by Crippen LogP contribution is -2.14. The third kappa shape index (κ3) is 4.79. The van der Waals surface area contributed by atoms with Gasteiger partial charge in [-0.05, 0) is 43.3 Å². The topological polar surface area (TPSA) is 69.0 Å². The Labute approximate surface area is 177 Å². The number of carbonyl (C=O) groups excluding carboxylic acids is 1. The molecule has 3 aromatic rings. The molecule has 146 valence electrons. The number of benzene rings is 2. The van der Waals surface area contributed by atoms with Gasteiger partial charge in [0.2, 0.25) is 5.91 Å². The SMILES string of the molecule is CCn1c(SCC(=O)Nc2cccc(Cl)c2)nnc1-c1cc(Cl)ccc1OC. The van der Waals surface area contributed by atoms with Crippen molar-refractivity contribution in [2.24, 2.45) is 0 Å². The van der Waals surface area contributed by atoms with Crippen molar-refractivity contribution in [1.82, 2.24) is 14.8 Å². The molecule has 0 atom stereocenters. The van der Waals surface area contributed by atoms with Gasteiger partial charge in [-0.2, -0.15) is 0 Å². The summed E-state index contributed by atoms with van der Waals surface area (Å²) in [6.07, 6.45) is 0. The van der Waals surface area contributed by atoms with Crippen LogP contribution in [0.1, 0.15) is 6.92 Å². The fourth-order valence-corrected chi connectivity index (χ4v) is 3.79. The molecule has 1 N–H and O–H groups in total. The first-order valence-corrected chi connectivity index (χ1v) is 10.2. The first-order chi connectivity index (χ1) is 13.5. The van der Waals surface area contributed by atoms with Gasteiger partial charge in [-0.25, -0.2) is 0 Å². The van der Waals surface area contributed by atoms with Crippen LogP contribution >= 0.6 is 35.0 Å². The summed E-state index contributed by atoms with van der Waals surface area (Å²) >= 11 is 13.4. The monoisotopic (exact) mass is 436 g/mol. The smallest absolute Gasteiger partial charge is 0.234 e. The number of hydrogen-bond acceptors (Lipinski definition) is 5. The van der Waals surface area contributed by atoms with Gasteiger partial charge in [-0.1, -0.05) is 41.0 Å². The second-order valence-corrected chi connectivity index (χ2v) is 7.56. The van der Waals surface area contributed by atoms with E-state index in [0.29, 0.717) is 39.0 Å². The molecule has 0 saturated heterocycles. The van der Waals surface area contributed by atoms with Crippen LogP contribution in [0.3, 0.4) is 0 Å². The van der Waals surface area contributed by atoms with E-state index in [1.165, 1.54) is 11.8 Å².